The van der Waals surface area contributed by atoms with E-state index in [1.165, 1.54) is 0 Å². The molecule has 0 radical (unpaired) electrons. The Morgan fingerprint density at radius 2 is 2.12 bits per heavy atom. The Morgan fingerprint density at radius 3 is 2.56 bits per heavy atom. The molecule has 1 saturated heterocycles. The van der Waals surface area contributed by atoms with E-state index in [9.17, 15) is 14.4 Å². The largest absolute Gasteiger partial charge is 0.480 e. The van der Waals surface area contributed by atoms with Gasteiger partial charge in [-0.05, 0) is 19.3 Å². The monoisotopic (exact) mass is 226 g/mol. The van der Waals surface area contributed by atoms with Crippen molar-refractivity contribution in [1.82, 2.24) is 10.6 Å². The Labute approximate surface area is 92.4 Å². The normalized spacial score (nSPS) is 26.8. The molecule has 0 spiro atoms. The predicted octanol–water partition coefficient (Wildman–Crippen LogP) is -0.754. The minimum Gasteiger partial charge on any atom is -0.480 e. The number of carbonyl (C=O) groups is 3. The lowest BCUT2D eigenvalue weighted by Crippen LogP contribution is -2.49. The fraction of sp³-hybridized carbons (Fsp3) is 0.700. The Kier molecular flexibility index (Phi) is 2.57. The first-order valence-electron chi connectivity index (χ1n) is 5.36. The molecule has 3 N–H and O–H groups in total. The second-order valence-electron chi connectivity index (χ2n) is 4.42. The molecule has 2 amide bonds. The van der Waals surface area contributed by atoms with Crippen molar-refractivity contribution in [3.05, 3.63) is 0 Å². The molecule has 0 aromatic rings. The molecule has 0 aromatic carbocycles. The quantitative estimate of drug-likeness (QED) is 0.589. The smallest absolute Gasteiger partial charge is 0.329 e. The van der Waals surface area contributed by atoms with Gasteiger partial charge in [-0.1, -0.05) is 0 Å². The molecule has 6 heteroatoms. The lowest BCUT2D eigenvalue weighted by Gasteiger charge is -2.23. The fourth-order valence-corrected chi connectivity index (χ4v) is 1.81. The molecular weight excluding hydrogens is 212 g/mol. The van der Waals surface area contributed by atoms with Gasteiger partial charge in [-0.25, -0.2) is 4.79 Å². The molecule has 16 heavy (non-hydrogen) atoms. The summed E-state index contributed by atoms with van der Waals surface area (Å²) in [5.74, 6) is -1.58. The van der Waals surface area contributed by atoms with Gasteiger partial charge in [-0.3, -0.25) is 9.59 Å². The highest BCUT2D eigenvalue weighted by molar-refractivity contribution is 5.91. The van der Waals surface area contributed by atoms with Gasteiger partial charge in [0.1, 0.15) is 5.54 Å². The van der Waals surface area contributed by atoms with Crippen LogP contribution in [0.5, 0.6) is 0 Å². The first-order valence-corrected chi connectivity index (χ1v) is 5.36. The van der Waals surface area contributed by atoms with Crippen LogP contribution in [0.25, 0.3) is 0 Å². The Balaban J connectivity index is 1.89. The molecule has 1 atom stereocenters. The van der Waals surface area contributed by atoms with Gasteiger partial charge in [0.15, 0.2) is 0 Å². The van der Waals surface area contributed by atoms with E-state index < -0.39 is 11.5 Å². The van der Waals surface area contributed by atoms with Crippen molar-refractivity contribution < 1.29 is 19.5 Å². The zero-order valence-electron chi connectivity index (χ0n) is 8.78. The zero-order valence-corrected chi connectivity index (χ0v) is 8.78. The van der Waals surface area contributed by atoms with Crippen LogP contribution in [-0.2, 0) is 14.4 Å². The molecule has 6 nitrogen and oxygen atoms in total. The van der Waals surface area contributed by atoms with Crippen LogP contribution in [0, 0.1) is 5.92 Å². The highest BCUT2D eigenvalue weighted by Gasteiger charge is 2.52. The number of amides is 2. The second-order valence-corrected chi connectivity index (χ2v) is 4.42. The van der Waals surface area contributed by atoms with Gasteiger partial charge in [0.25, 0.3) is 0 Å². The van der Waals surface area contributed by atoms with Gasteiger partial charge < -0.3 is 15.7 Å². The van der Waals surface area contributed by atoms with E-state index in [0.717, 1.165) is 0 Å². The summed E-state index contributed by atoms with van der Waals surface area (Å²) in [6.45, 7) is 0.306. The molecule has 1 saturated carbocycles. The number of rotatable bonds is 3. The number of hydrogen-bond donors (Lipinski definition) is 3. The third-order valence-electron chi connectivity index (χ3n) is 3.16. The minimum atomic E-state index is -1.03. The molecule has 0 bridgehead atoms. The molecular formula is C10H14N2O4. The van der Waals surface area contributed by atoms with E-state index in [1.54, 1.807) is 0 Å². The van der Waals surface area contributed by atoms with Crippen LogP contribution in [0.3, 0.4) is 0 Å². The van der Waals surface area contributed by atoms with Crippen LogP contribution in [0.4, 0.5) is 0 Å². The number of aliphatic carboxylic acids is 1. The molecule has 2 fully saturated rings. The summed E-state index contributed by atoms with van der Waals surface area (Å²) in [7, 11) is 0. The van der Waals surface area contributed by atoms with Crippen LogP contribution < -0.4 is 10.6 Å². The summed E-state index contributed by atoms with van der Waals surface area (Å²) in [6, 6.07) is 0. The predicted molar refractivity (Wildman–Crippen MR) is 53.5 cm³/mol. The van der Waals surface area contributed by atoms with E-state index >= 15 is 0 Å². The number of piperidine rings is 1. The zero-order chi connectivity index (χ0) is 11.8. The van der Waals surface area contributed by atoms with Crippen molar-refractivity contribution in [3.63, 3.8) is 0 Å². The van der Waals surface area contributed by atoms with Gasteiger partial charge in [-0.2, -0.15) is 0 Å². The maximum absolute atomic E-state index is 11.7. The summed E-state index contributed by atoms with van der Waals surface area (Å²) in [5, 5.41) is 14.1. The topological polar surface area (TPSA) is 95.5 Å². The Hall–Kier alpha value is -1.59. The number of carbonyl (C=O) groups excluding carboxylic acids is 2. The summed E-state index contributed by atoms with van der Waals surface area (Å²) >= 11 is 0. The standard InChI is InChI=1S/C10H14N2O4/c13-7-2-1-6(5-11-7)8(14)12-10(3-4-10)9(15)16/h6H,1-5H2,(H,11,13)(H,12,14)(H,15,16). The average molecular weight is 226 g/mol. The van der Waals surface area contributed by atoms with E-state index in [-0.39, 0.29) is 17.7 Å². The highest BCUT2D eigenvalue weighted by Crippen LogP contribution is 2.36. The first kappa shape index (κ1) is 10.9. The van der Waals surface area contributed by atoms with Crippen LogP contribution >= 0.6 is 0 Å². The SMILES string of the molecule is O=C1CCC(C(=O)NC2(C(=O)O)CC2)CN1. The number of hydrogen-bond acceptors (Lipinski definition) is 3. The van der Waals surface area contributed by atoms with Gasteiger partial charge in [0.05, 0.1) is 5.92 Å². The molecule has 1 heterocycles. The van der Waals surface area contributed by atoms with E-state index in [1.807, 2.05) is 0 Å². The van der Waals surface area contributed by atoms with Crippen LogP contribution in [0.2, 0.25) is 0 Å². The molecule has 88 valence electrons. The van der Waals surface area contributed by atoms with Crippen molar-refractivity contribution >= 4 is 17.8 Å². The fourth-order valence-electron chi connectivity index (χ4n) is 1.81. The summed E-state index contributed by atoms with van der Waals surface area (Å²) in [6.07, 6.45) is 1.81. The summed E-state index contributed by atoms with van der Waals surface area (Å²) in [4.78, 5) is 33.5. The molecule has 0 aromatic heterocycles. The molecule has 2 aliphatic rings. The van der Waals surface area contributed by atoms with Crippen molar-refractivity contribution in [2.75, 3.05) is 6.54 Å². The van der Waals surface area contributed by atoms with Gasteiger partial charge in [0, 0.05) is 13.0 Å². The first-order chi connectivity index (χ1) is 7.53. The molecule has 1 aliphatic carbocycles. The molecule has 1 unspecified atom stereocenters. The van der Waals surface area contributed by atoms with Crippen LogP contribution in [-0.4, -0.2) is 35.0 Å². The van der Waals surface area contributed by atoms with E-state index in [0.29, 0.717) is 32.2 Å². The third kappa shape index (κ3) is 2.00. The van der Waals surface area contributed by atoms with Crippen molar-refractivity contribution in [2.45, 2.75) is 31.2 Å². The maximum atomic E-state index is 11.7. The summed E-state index contributed by atoms with van der Waals surface area (Å²) < 4.78 is 0. The van der Waals surface area contributed by atoms with Gasteiger partial charge in [0.2, 0.25) is 11.8 Å². The number of carboxylic acid groups (broad SMARTS) is 1. The number of nitrogens with one attached hydrogen (secondary N) is 2. The van der Waals surface area contributed by atoms with Gasteiger partial charge >= 0.3 is 5.97 Å². The lowest BCUT2D eigenvalue weighted by molar-refractivity contribution is -0.144. The Morgan fingerprint density at radius 1 is 1.44 bits per heavy atom. The highest BCUT2D eigenvalue weighted by atomic mass is 16.4. The average Bonchev–Trinajstić information content (AvgIpc) is 3.00. The molecule has 2 rings (SSSR count). The van der Waals surface area contributed by atoms with Crippen LogP contribution in [0.1, 0.15) is 25.7 Å². The van der Waals surface area contributed by atoms with Gasteiger partial charge in [-0.15, -0.1) is 0 Å². The van der Waals surface area contributed by atoms with Crippen LogP contribution in [0.15, 0.2) is 0 Å². The lowest BCUT2D eigenvalue weighted by atomic mass is 9.98. The van der Waals surface area contributed by atoms with Crippen molar-refractivity contribution in [3.8, 4) is 0 Å². The number of carboxylic acids is 1. The maximum Gasteiger partial charge on any atom is 0.329 e. The van der Waals surface area contributed by atoms with Crippen molar-refractivity contribution in [1.29, 1.82) is 0 Å². The third-order valence-corrected chi connectivity index (χ3v) is 3.16. The summed E-state index contributed by atoms with van der Waals surface area (Å²) in [5.41, 5.74) is -1.03. The van der Waals surface area contributed by atoms with Crippen molar-refractivity contribution in [2.24, 2.45) is 5.92 Å². The van der Waals surface area contributed by atoms with E-state index in [2.05, 4.69) is 10.6 Å². The second kappa shape index (κ2) is 3.77. The minimum absolute atomic E-state index is 0.0524. The van der Waals surface area contributed by atoms with E-state index in [4.69, 9.17) is 5.11 Å². The molecule has 1 aliphatic heterocycles. The Bertz CT molecular complexity index is 339.